The van der Waals surface area contributed by atoms with Crippen LogP contribution in [-0.4, -0.2) is 26.9 Å². The van der Waals surface area contributed by atoms with Crippen molar-refractivity contribution >= 4 is 0 Å². The van der Waals surface area contributed by atoms with Crippen LogP contribution >= 0.6 is 0 Å². The molecule has 0 spiro atoms. The van der Waals surface area contributed by atoms with E-state index in [1.54, 1.807) is 0 Å². The monoisotopic (exact) mass is 340 g/mol. The van der Waals surface area contributed by atoms with Gasteiger partial charge in [-0.05, 0) is 0 Å². The van der Waals surface area contributed by atoms with Crippen molar-refractivity contribution in [2.75, 3.05) is 26.9 Å². The van der Waals surface area contributed by atoms with Gasteiger partial charge in [0.15, 0.2) is 0 Å². The summed E-state index contributed by atoms with van der Waals surface area (Å²) in [6.45, 7) is 11.6. The molecule has 0 aliphatic rings. The van der Waals surface area contributed by atoms with Crippen LogP contribution in [0.5, 0.6) is 0 Å². The first-order chi connectivity index (χ1) is 7.81. The minimum atomic E-state index is 0. The van der Waals surface area contributed by atoms with Crippen molar-refractivity contribution in [1.29, 1.82) is 0 Å². The molecule has 110 valence electrons. The molecular weight excluding hydrogens is 311 g/mol. The standard InChI is InChI=1S/3C4H9O.CH3O.Zr/c3*1-4(2)3-5;1-2;/h3*4H,3H2,1-2H3;1H3;/q4*-1;+4. The summed E-state index contributed by atoms with van der Waals surface area (Å²) in [5.74, 6) is 0.986. The van der Waals surface area contributed by atoms with Gasteiger partial charge in [-0.25, -0.2) is 0 Å². The van der Waals surface area contributed by atoms with Gasteiger partial charge in [0.05, 0.1) is 0 Å². The summed E-state index contributed by atoms with van der Waals surface area (Å²) >= 11 is 0. The molecule has 0 amide bonds. The van der Waals surface area contributed by atoms with Crippen LogP contribution in [0.3, 0.4) is 0 Å². The van der Waals surface area contributed by atoms with Gasteiger partial charge in [0, 0.05) is 0 Å². The predicted octanol–water partition coefficient (Wildman–Crippen LogP) is -1.02. The third-order valence-corrected chi connectivity index (χ3v) is 1.00. The Morgan fingerprint density at radius 1 is 0.556 bits per heavy atom. The molecule has 0 bridgehead atoms. The topological polar surface area (TPSA) is 92.2 Å². The SMILES string of the molecule is CC(C)C[O-].CC(C)C[O-].CC(C)C[O-].C[O-].[Zr+4]. The van der Waals surface area contributed by atoms with Crippen LogP contribution in [0.25, 0.3) is 0 Å². The smallest absolute Gasteiger partial charge is 0.857 e. The minimum absolute atomic E-state index is 0. The molecule has 5 heteroatoms. The first-order valence-corrected chi connectivity index (χ1v) is 5.96. The summed E-state index contributed by atoms with van der Waals surface area (Å²) in [4.78, 5) is 0. The Hall–Kier alpha value is 0.723. The van der Waals surface area contributed by atoms with Crippen LogP contribution in [0, 0.1) is 17.8 Å². The Labute approximate surface area is 133 Å². The Morgan fingerprint density at radius 3 is 0.611 bits per heavy atom. The first kappa shape index (κ1) is 31.2. The second-order valence-corrected chi connectivity index (χ2v) is 4.68. The van der Waals surface area contributed by atoms with Gasteiger partial charge in [0.25, 0.3) is 0 Å². The molecular formula is C13H30O4Zr. The maximum Gasteiger partial charge on any atom is 4.00 e. The van der Waals surface area contributed by atoms with Crippen LogP contribution < -0.4 is 20.4 Å². The van der Waals surface area contributed by atoms with E-state index in [0.29, 0.717) is 17.8 Å². The van der Waals surface area contributed by atoms with E-state index < -0.39 is 0 Å². The van der Waals surface area contributed by atoms with Crippen molar-refractivity contribution in [2.45, 2.75) is 41.5 Å². The van der Waals surface area contributed by atoms with Gasteiger partial charge in [0.1, 0.15) is 0 Å². The zero-order chi connectivity index (χ0) is 14.9. The molecule has 0 saturated carbocycles. The van der Waals surface area contributed by atoms with E-state index >= 15 is 0 Å². The molecule has 0 unspecified atom stereocenters. The van der Waals surface area contributed by atoms with Gasteiger partial charge in [-0.3, -0.25) is 0 Å². The average Bonchev–Trinajstić information content (AvgIpc) is 2.32. The third-order valence-electron chi connectivity index (χ3n) is 1.00. The summed E-state index contributed by atoms with van der Waals surface area (Å²) in [5.41, 5.74) is 0. The van der Waals surface area contributed by atoms with Crippen molar-refractivity contribution in [3.05, 3.63) is 0 Å². The van der Waals surface area contributed by atoms with Crippen molar-refractivity contribution < 1.29 is 46.6 Å². The van der Waals surface area contributed by atoms with Crippen LogP contribution in [0.2, 0.25) is 0 Å². The molecule has 4 nitrogen and oxygen atoms in total. The van der Waals surface area contributed by atoms with E-state index in [1.165, 1.54) is 0 Å². The molecule has 0 saturated heterocycles. The average molecular weight is 342 g/mol. The van der Waals surface area contributed by atoms with Gasteiger partial charge < -0.3 is 20.4 Å². The molecule has 0 heterocycles. The molecule has 0 fully saturated rings. The van der Waals surface area contributed by atoms with E-state index in [9.17, 15) is 15.3 Å². The van der Waals surface area contributed by atoms with Crippen LogP contribution in [-0.2, 0) is 26.2 Å². The second kappa shape index (κ2) is 30.6. The Balaban J connectivity index is -0.0000000427. The molecule has 0 atom stereocenters. The number of hydrogen-bond donors (Lipinski definition) is 0. The van der Waals surface area contributed by atoms with E-state index in [4.69, 9.17) is 5.11 Å². The fourth-order valence-corrected chi connectivity index (χ4v) is 0. The molecule has 0 aromatic carbocycles. The van der Waals surface area contributed by atoms with Gasteiger partial charge >= 0.3 is 26.2 Å². The van der Waals surface area contributed by atoms with E-state index in [2.05, 4.69) is 0 Å². The molecule has 18 heavy (non-hydrogen) atoms. The van der Waals surface area contributed by atoms with Crippen LogP contribution in [0.15, 0.2) is 0 Å². The van der Waals surface area contributed by atoms with Crippen molar-refractivity contribution in [3.63, 3.8) is 0 Å². The zero-order valence-electron chi connectivity index (χ0n) is 13.0. The van der Waals surface area contributed by atoms with Crippen LogP contribution in [0.4, 0.5) is 0 Å². The van der Waals surface area contributed by atoms with Gasteiger partial charge in [-0.1, -0.05) is 59.3 Å². The summed E-state index contributed by atoms with van der Waals surface area (Å²) in [6, 6.07) is 0. The zero-order valence-corrected chi connectivity index (χ0v) is 15.4. The largest absolute Gasteiger partial charge is 4.00 e. The maximum atomic E-state index is 9.63. The van der Waals surface area contributed by atoms with Crippen molar-refractivity contribution in [2.24, 2.45) is 17.8 Å². The third kappa shape index (κ3) is 91.5. The molecule has 0 aromatic heterocycles. The van der Waals surface area contributed by atoms with Crippen molar-refractivity contribution in [1.82, 2.24) is 0 Å². The Bertz CT molecular complexity index is 80.0. The van der Waals surface area contributed by atoms with E-state index in [1.807, 2.05) is 41.5 Å². The molecule has 0 aromatic rings. The molecule has 0 N–H and O–H groups in total. The quantitative estimate of drug-likeness (QED) is 0.657. The van der Waals surface area contributed by atoms with Crippen molar-refractivity contribution in [3.8, 4) is 0 Å². The summed E-state index contributed by atoms with van der Waals surface area (Å²) in [7, 11) is 0.750. The predicted molar refractivity (Wildman–Crippen MR) is 65.0 cm³/mol. The molecule has 0 aliphatic carbocycles. The Kier molecular flexibility index (Phi) is 53.1. The van der Waals surface area contributed by atoms with Gasteiger partial charge in [-0.15, -0.1) is 19.8 Å². The van der Waals surface area contributed by atoms with Gasteiger partial charge in [0.2, 0.25) is 0 Å². The number of hydrogen-bond acceptors (Lipinski definition) is 4. The van der Waals surface area contributed by atoms with E-state index in [-0.39, 0.29) is 46.0 Å². The summed E-state index contributed by atoms with van der Waals surface area (Å²) in [6.07, 6.45) is 0. The fraction of sp³-hybridized carbons (Fsp3) is 1.00. The molecule has 0 aliphatic heterocycles. The first-order valence-electron chi connectivity index (χ1n) is 5.96. The maximum absolute atomic E-state index is 9.63. The van der Waals surface area contributed by atoms with Gasteiger partial charge in [-0.2, -0.15) is 7.11 Å². The normalized spacial score (nSPS) is 8.33. The van der Waals surface area contributed by atoms with E-state index in [0.717, 1.165) is 7.11 Å². The molecule has 0 radical (unpaired) electrons. The minimum Gasteiger partial charge on any atom is -0.857 e. The fourth-order valence-electron chi connectivity index (χ4n) is 0. The Morgan fingerprint density at radius 2 is 0.611 bits per heavy atom. The molecule has 0 rings (SSSR count). The van der Waals surface area contributed by atoms with Crippen LogP contribution in [0.1, 0.15) is 41.5 Å². The second-order valence-electron chi connectivity index (χ2n) is 4.68. The summed E-state index contributed by atoms with van der Waals surface area (Å²) in [5, 5.41) is 37.1. The summed E-state index contributed by atoms with van der Waals surface area (Å²) < 4.78 is 0. The number of rotatable bonds is 3.